The van der Waals surface area contributed by atoms with Crippen molar-refractivity contribution in [3.63, 3.8) is 0 Å². The lowest BCUT2D eigenvalue weighted by atomic mass is 9.81. The fourth-order valence-corrected chi connectivity index (χ4v) is 6.07. The second kappa shape index (κ2) is 9.67. The number of imide groups is 1. The summed E-state index contributed by atoms with van der Waals surface area (Å²) in [6.07, 6.45) is 4.77. The summed E-state index contributed by atoms with van der Waals surface area (Å²) < 4.78 is 11.2. The average Bonchev–Trinajstić information content (AvgIpc) is 3.39. The van der Waals surface area contributed by atoms with Gasteiger partial charge in [-0.25, -0.2) is 4.79 Å². The first-order valence-electron chi connectivity index (χ1n) is 12.0. The maximum atomic E-state index is 12.5. The number of nitrogens with zero attached hydrogens (tertiary/aromatic N) is 4. The molecule has 3 fully saturated rings. The number of benzene rings is 1. The van der Waals surface area contributed by atoms with E-state index in [-0.39, 0.29) is 29.7 Å². The van der Waals surface area contributed by atoms with E-state index in [1.54, 1.807) is 4.90 Å². The van der Waals surface area contributed by atoms with Gasteiger partial charge in [-0.2, -0.15) is 4.37 Å². The second-order valence-corrected chi connectivity index (χ2v) is 9.93. The molecule has 2 aliphatic heterocycles. The van der Waals surface area contributed by atoms with E-state index in [9.17, 15) is 14.4 Å². The number of hydrogen-bond acceptors (Lipinski definition) is 7. The van der Waals surface area contributed by atoms with E-state index in [1.807, 2.05) is 12.1 Å². The quantitative estimate of drug-likeness (QED) is 0.475. The zero-order valence-corrected chi connectivity index (χ0v) is 19.6. The number of rotatable bonds is 6. The minimum Gasteiger partial charge on any atom is -0.449 e. The Kier molecular flexibility index (Phi) is 6.48. The first kappa shape index (κ1) is 22.1. The zero-order chi connectivity index (χ0) is 22.8. The lowest BCUT2D eigenvalue weighted by Crippen LogP contribution is -2.49. The van der Waals surface area contributed by atoms with E-state index in [1.165, 1.54) is 21.1 Å². The summed E-state index contributed by atoms with van der Waals surface area (Å²) in [6.45, 7) is 3.39. The van der Waals surface area contributed by atoms with E-state index in [4.69, 9.17) is 4.74 Å². The third-order valence-corrected chi connectivity index (χ3v) is 7.95. The van der Waals surface area contributed by atoms with Crippen LogP contribution in [0.4, 0.5) is 10.6 Å². The summed E-state index contributed by atoms with van der Waals surface area (Å²) >= 11 is 1.50. The van der Waals surface area contributed by atoms with Gasteiger partial charge < -0.3 is 14.5 Å². The molecular formula is C24H30N4O4S. The van der Waals surface area contributed by atoms with Crippen LogP contribution >= 0.6 is 11.5 Å². The van der Waals surface area contributed by atoms with Gasteiger partial charge in [-0.1, -0.05) is 25.0 Å². The number of carbonyl (C=O) groups excluding carboxylic acids is 3. The van der Waals surface area contributed by atoms with Gasteiger partial charge in [0.25, 0.3) is 0 Å². The average molecular weight is 471 g/mol. The van der Waals surface area contributed by atoms with E-state index in [0.29, 0.717) is 39.1 Å². The van der Waals surface area contributed by atoms with Crippen molar-refractivity contribution >= 4 is 45.3 Å². The molecule has 0 unspecified atom stereocenters. The number of piperazine rings is 1. The van der Waals surface area contributed by atoms with Crippen molar-refractivity contribution in [3.05, 3.63) is 24.3 Å². The minimum absolute atomic E-state index is 0.00690. The van der Waals surface area contributed by atoms with Gasteiger partial charge in [0.05, 0.1) is 23.1 Å². The van der Waals surface area contributed by atoms with Gasteiger partial charge in [-0.3, -0.25) is 14.5 Å². The molecule has 0 spiro atoms. The lowest BCUT2D eigenvalue weighted by molar-refractivity contribution is -0.140. The standard InChI is InChI=1S/C24H30N4O4S/c29-22-17-7-1-2-8-18(17)23(30)28(22)11-5-6-16-32-24(31)27-14-12-26(13-15-27)21-19-9-3-4-10-20(19)33-25-21/h3-4,9-10,17-18H,1-2,5-8,11-16H2/t17-,18+. The Hall–Kier alpha value is -2.68. The number of unbranched alkanes of at least 4 members (excludes halogenated alkanes) is 1. The predicted octanol–water partition coefficient (Wildman–Crippen LogP) is 3.51. The maximum absolute atomic E-state index is 12.5. The van der Waals surface area contributed by atoms with Gasteiger partial charge in [0.2, 0.25) is 11.8 Å². The summed E-state index contributed by atoms with van der Waals surface area (Å²) in [4.78, 5) is 42.9. The fraction of sp³-hybridized carbons (Fsp3) is 0.583. The van der Waals surface area contributed by atoms with Gasteiger partial charge in [0, 0.05) is 38.1 Å². The van der Waals surface area contributed by atoms with Crippen LogP contribution < -0.4 is 4.90 Å². The molecule has 2 saturated heterocycles. The van der Waals surface area contributed by atoms with Gasteiger partial charge >= 0.3 is 6.09 Å². The van der Waals surface area contributed by atoms with Crippen molar-refractivity contribution in [1.82, 2.24) is 14.2 Å². The number of ether oxygens (including phenoxy) is 1. The highest BCUT2D eigenvalue weighted by molar-refractivity contribution is 7.13. The van der Waals surface area contributed by atoms with Crippen LogP contribution in [0.1, 0.15) is 38.5 Å². The van der Waals surface area contributed by atoms with Gasteiger partial charge in [0.15, 0.2) is 0 Å². The molecule has 2 atom stereocenters. The molecule has 3 heterocycles. The number of anilines is 1. The van der Waals surface area contributed by atoms with Crippen molar-refractivity contribution in [2.24, 2.45) is 11.8 Å². The molecule has 176 valence electrons. The van der Waals surface area contributed by atoms with Crippen molar-refractivity contribution in [2.75, 3.05) is 44.2 Å². The van der Waals surface area contributed by atoms with Crippen LogP contribution in [0, 0.1) is 11.8 Å². The third kappa shape index (κ3) is 4.43. The van der Waals surface area contributed by atoms with E-state index in [2.05, 4.69) is 21.4 Å². The molecule has 1 aromatic heterocycles. The minimum atomic E-state index is -0.294. The van der Waals surface area contributed by atoms with Crippen LogP contribution in [0.3, 0.4) is 0 Å². The second-order valence-electron chi connectivity index (χ2n) is 9.12. The number of aromatic nitrogens is 1. The summed E-state index contributed by atoms with van der Waals surface area (Å²) in [5.74, 6) is 0.824. The first-order valence-corrected chi connectivity index (χ1v) is 12.8. The van der Waals surface area contributed by atoms with Crippen LogP contribution in [0.25, 0.3) is 10.1 Å². The summed E-state index contributed by atoms with van der Waals surface area (Å²) in [5, 5.41) is 1.16. The lowest BCUT2D eigenvalue weighted by Gasteiger charge is -2.34. The summed E-state index contributed by atoms with van der Waals surface area (Å²) in [6, 6.07) is 8.21. The van der Waals surface area contributed by atoms with Crippen molar-refractivity contribution in [2.45, 2.75) is 38.5 Å². The Balaban J connectivity index is 1.02. The zero-order valence-electron chi connectivity index (χ0n) is 18.8. The molecular weight excluding hydrogens is 440 g/mol. The van der Waals surface area contributed by atoms with Crippen LogP contribution in [0.2, 0.25) is 0 Å². The predicted molar refractivity (Wildman–Crippen MR) is 126 cm³/mol. The molecule has 5 rings (SSSR count). The SMILES string of the molecule is O=C(OCCCCN1C(=O)[C@H]2CCCC[C@H]2C1=O)N1CCN(c2nsc3ccccc23)CC1. The molecule has 1 saturated carbocycles. The van der Waals surface area contributed by atoms with Crippen LogP contribution in [-0.4, -0.2) is 71.4 Å². The van der Waals surface area contributed by atoms with Crippen molar-refractivity contribution in [1.29, 1.82) is 0 Å². The Bertz CT molecular complexity index is 1010. The molecule has 0 radical (unpaired) electrons. The molecule has 1 aromatic carbocycles. The highest BCUT2D eigenvalue weighted by Crippen LogP contribution is 2.38. The Morgan fingerprint density at radius 2 is 1.70 bits per heavy atom. The van der Waals surface area contributed by atoms with Gasteiger partial charge in [-0.05, 0) is 49.3 Å². The van der Waals surface area contributed by atoms with Gasteiger partial charge in [0.1, 0.15) is 5.82 Å². The Morgan fingerprint density at radius 1 is 1.00 bits per heavy atom. The molecule has 9 heteroatoms. The third-order valence-electron chi connectivity index (χ3n) is 7.13. The summed E-state index contributed by atoms with van der Waals surface area (Å²) in [5.41, 5.74) is 0. The van der Waals surface area contributed by atoms with Crippen LogP contribution in [-0.2, 0) is 14.3 Å². The molecule has 3 amide bonds. The topological polar surface area (TPSA) is 83.0 Å². The number of carbonyl (C=O) groups is 3. The van der Waals surface area contributed by atoms with Crippen LogP contribution in [0.5, 0.6) is 0 Å². The largest absolute Gasteiger partial charge is 0.449 e. The molecule has 0 bridgehead atoms. The smallest absolute Gasteiger partial charge is 0.409 e. The Morgan fingerprint density at radius 3 is 2.42 bits per heavy atom. The molecule has 2 aromatic rings. The highest BCUT2D eigenvalue weighted by atomic mass is 32.1. The van der Waals surface area contributed by atoms with Crippen LogP contribution in [0.15, 0.2) is 24.3 Å². The number of likely N-dealkylation sites (tertiary alicyclic amines) is 1. The number of hydrogen-bond donors (Lipinski definition) is 0. The first-order chi connectivity index (χ1) is 16.1. The highest BCUT2D eigenvalue weighted by Gasteiger charge is 2.47. The van der Waals surface area contributed by atoms with Crippen molar-refractivity contribution < 1.29 is 19.1 Å². The number of amides is 3. The molecule has 1 aliphatic carbocycles. The van der Waals surface area contributed by atoms with E-state index >= 15 is 0 Å². The maximum Gasteiger partial charge on any atom is 0.409 e. The number of fused-ring (bicyclic) bond motifs is 2. The normalized spacial score (nSPS) is 23.3. The molecule has 33 heavy (non-hydrogen) atoms. The monoisotopic (exact) mass is 470 g/mol. The fourth-order valence-electron chi connectivity index (χ4n) is 5.28. The van der Waals surface area contributed by atoms with Gasteiger partial charge in [-0.15, -0.1) is 0 Å². The molecule has 0 N–H and O–H groups in total. The van der Waals surface area contributed by atoms with E-state index < -0.39 is 0 Å². The van der Waals surface area contributed by atoms with Crippen molar-refractivity contribution in [3.8, 4) is 0 Å². The molecule has 8 nitrogen and oxygen atoms in total. The molecule has 3 aliphatic rings. The summed E-state index contributed by atoms with van der Waals surface area (Å²) in [7, 11) is 0. The van der Waals surface area contributed by atoms with E-state index in [0.717, 1.165) is 50.0 Å². The Labute approximate surface area is 197 Å².